The van der Waals surface area contributed by atoms with Gasteiger partial charge in [-0.05, 0) is 26.7 Å². The van der Waals surface area contributed by atoms with Crippen molar-refractivity contribution in [1.29, 1.82) is 5.26 Å². The number of hydrogen-bond donors (Lipinski definition) is 0. The van der Waals surface area contributed by atoms with E-state index < -0.39 is 0 Å². The SMILES string of the molecule is CC(C)N1CCCN(C(=O)N2CC[C@H]2C#N)CC1. The van der Waals surface area contributed by atoms with Crippen LogP contribution in [-0.2, 0) is 0 Å². The van der Waals surface area contributed by atoms with Crippen LogP contribution >= 0.6 is 0 Å². The maximum atomic E-state index is 12.3. The molecule has 2 saturated heterocycles. The van der Waals surface area contributed by atoms with Crippen molar-refractivity contribution in [3.8, 4) is 6.07 Å². The van der Waals surface area contributed by atoms with E-state index in [1.54, 1.807) is 4.90 Å². The molecule has 0 aliphatic carbocycles. The van der Waals surface area contributed by atoms with Gasteiger partial charge in [-0.25, -0.2) is 4.79 Å². The van der Waals surface area contributed by atoms with Crippen molar-refractivity contribution >= 4 is 6.03 Å². The molecule has 5 heteroatoms. The summed E-state index contributed by atoms with van der Waals surface area (Å²) >= 11 is 0. The minimum Gasteiger partial charge on any atom is -0.323 e. The van der Waals surface area contributed by atoms with Gasteiger partial charge in [-0.1, -0.05) is 0 Å². The summed E-state index contributed by atoms with van der Waals surface area (Å²) in [6.45, 7) is 8.72. The first-order valence-electron chi connectivity index (χ1n) is 6.82. The second kappa shape index (κ2) is 5.57. The number of nitrogens with zero attached hydrogens (tertiary/aromatic N) is 4. The largest absolute Gasteiger partial charge is 0.323 e. The van der Waals surface area contributed by atoms with Gasteiger partial charge in [-0.15, -0.1) is 0 Å². The van der Waals surface area contributed by atoms with Gasteiger partial charge >= 0.3 is 6.03 Å². The molecule has 0 saturated carbocycles. The third kappa shape index (κ3) is 2.59. The predicted molar refractivity (Wildman–Crippen MR) is 69.0 cm³/mol. The van der Waals surface area contributed by atoms with Crippen LogP contribution in [0.15, 0.2) is 0 Å². The Balaban J connectivity index is 1.90. The van der Waals surface area contributed by atoms with Gasteiger partial charge in [0.2, 0.25) is 0 Å². The molecule has 0 aromatic carbocycles. The highest BCUT2D eigenvalue weighted by Crippen LogP contribution is 2.19. The minimum atomic E-state index is -0.193. The fourth-order valence-corrected chi connectivity index (χ4v) is 2.58. The molecule has 100 valence electrons. The standard InChI is InChI=1S/C13H22N4O/c1-11(2)15-5-3-6-16(9-8-15)13(18)17-7-4-12(17)10-14/h11-12H,3-9H2,1-2H3/t12-/m0/s1. The fraction of sp³-hybridized carbons (Fsp3) is 0.846. The normalized spacial score (nSPS) is 25.6. The smallest absolute Gasteiger partial charge is 0.321 e. The summed E-state index contributed by atoms with van der Waals surface area (Å²) in [6, 6.07) is 2.58. The maximum absolute atomic E-state index is 12.3. The number of likely N-dealkylation sites (tertiary alicyclic amines) is 1. The Morgan fingerprint density at radius 2 is 2.00 bits per heavy atom. The lowest BCUT2D eigenvalue weighted by molar-refractivity contribution is 0.106. The molecule has 2 heterocycles. The summed E-state index contributed by atoms with van der Waals surface area (Å²) in [5.74, 6) is 0. The Morgan fingerprint density at radius 1 is 1.22 bits per heavy atom. The van der Waals surface area contributed by atoms with Crippen LogP contribution in [0.5, 0.6) is 0 Å². The molecule has 0 unspecified atom stereocenters. The molecule has 0 aromatic rings. The zero-order chi connectivity index (χ0) is 13.1. The van der Waals surface area contributed by atoms with Crippen LogP contribution in [0.2, 0.25) is 0 Å². The number of nitriles is 1. The van der Waals surface area contributed by atoms with Gasteiger partial charge in [0, 0.05) is 38.8 Å². The third-order valence-electron chi connectivity index (χ3n) is 3.95. The monoisotopic (exact) mass is 250 g/mol. The lowest BCUT2D eigenvalue weighted by atomic mass is 10.1. The van der Waals surface area contributed by atoms with Gasteiger partial charge in [-0.2, -0.15) is 5.26 Å². The van der Waals surface area contributed by atoms with Gasteiger partial charge < -0.3 is 9.80 Å². The topological polar surface area (TPSA) is 50.6 Å². The number of rotatable bonds is 1. The Kier molecular flexibility index (Phi) is 4.07. The molecule has 0 spiro atoms. The van der Waals surface area contributed by atoms with Gasteiger partial charge in [0.25, 0.3) is 0 Å². The van der Waals surface area contributed by atoms with Crippen LogP contribution in [0.25, 0.3) is 0 Å². The first-order chi connectivity index (χ1) is 8.63. The summed E-state index contributed by atoms with van der Waals surface area (Å²) < 4.78 is 0. The van der Waals surface area contributed by atoms with E-state index in [1.807, 2.05) is 4.90 Å². The molecule has 0 bridgehead atoms. The second-order valence-electron chi connectivity index (χ2n) is 5.38. The molecular formula is C13H22N4O. The van der Waals surface area contributed by atoms with Gasteiger partial charge in [0.15, 0.2) is 0 Å². The summed E-state index contributed by atoms with van der Waals surface area (Å²) in [7, 11) is 0. The van der Waals surface area contributed by atoms with Crippen LogP contribution in [-0.4, -0.2) is 65.5 Å². The maximum Gasteiger partial charge on any atom is 0.321 e. The molecule has 0 radical (unpaired) electrons. The average molecular weight is 250 g/mol. The van der Waals surface area contributed by atoms with Gasteiger partial charge in [0.1, 0.15) is 6.04 Å². The number of hydrogen-bond acceptors (Lipinski definition) is 3. The first kappa shape index (κ1) is 13.2. The number of urea groups is 1. The molecule has 2 aliphatic rings. The van der Waals surface area contributed by atoms with E-state index in [4.69, 9.17) is 5.26 Å². The van der Waals surface area contributed by atoms with Crippen LogP contribution in [0.3, 0.4) is 0 Å². The lowest BCUT2D eigenvalue weighted by Gasteiger charge is -2.39. The van der Waals surface area contributed by atoms with Crippen molar-refractivity contribution in [2.24, 2.45) is 0 Å². The molecule has 2 fully saturated rings. The molecule has 0 N–H and O–H groups in total. The van der Waals surface area contributed by atoms with Crippen LogP contribution in [0, 0.1) is 11.3 Å². The molecule has 1 atom stereocenters. The Morgan fingerprint density at radius 3 is 2.56 bits per heavy atom. The van der Waals surface area contributed by atoms with E-state index >= 15 is 0 Å². The van der Waals surface area contributed by atoms with E-state index in [1.165, 1.54) is 0 Å². The van der Waals surface area contributed by atoms with Crippen molar-refractivity contribution in [2.45, 2.75) is 38.8 Å². The number of carbonyl (C=O) groups excluding carboxylic acids is 1. The second-order valence-corrected chi connectivity index (χ2v) is 5.38. The van der Waals surface area contributed by atoms with Crippen molar-refractivity contribution in [3.05, 3.63) is 0 Å². The molecule has 2 amide bonds. The highest BCUT2D eigenvalue weighted by Gasteiger charge is 2.35. The van der Waals surface area contributed by atoms with Crippen LogP contribution in [0.1, 0.15) is 26.7 Å². The van der Waals surface area contributed by atoms with E-state index in [9.17, 15) is 4.79 Å². The average Bonchev–Trinajstić information content (AvgIpc) is 2.53. The third-order valence-corrected chi connectivity index (χ3v) is 3.95. The summed E-state index contributed by atoms with van der Waals surface area (Å²) in [5, 5.41) is 8.90. The summed E-state index contributed by atoms with van der Waals surface area (Å²) in [4.78, 5) is 18.3. The van der Waals surface area contributed by atoms with Crippen molar-refractivity contribution in [2.75, 3.05) is 32.7 Å². The van der Waals surface area contributed by atoms with Crippen molar-refractivity contribution in [1.82, 2.24) is 14.7 Å². The minimum absolute atomic E-state index is 0.0541. The zero-order valence-electron chi connectivity index (χ0n) is 11.3. The van der Waals surface area contributed by atoms with Gasteiger partial charge in [0.05, 0.1) is 6.07 Å². The highest BCUT2D eigenvalue weighted by molar-refractivity contribution is 5.76. The molecule has 5 nitrogen and oxygen atoms in total. The van der Waals surface area contributed by atoms with Crippen molar-refractivity contribution in [3.63, 3.8) is 0 Å². The highest BCUT2D eigenvalue weighted by atomic mass is 16.2. The van der Waals surface area contributed by atoms with Crippen molar-refractivity contribution < 1.29 is 4.79 Å². The Labute approximate surface area is 109 Å². The molecule has 2 aliphatic heterocycles. The van der Waals surface area contributed by atoms with Gasteiger partial charge in [-0.3, -0.25) is 4.90 Å². The van der Waals surface area contributed by atoms with Crippen LogP contribution < -0.4 is 0 Å². The van der Waals surface area contributed by atoms with E-state index in [-0.39, 0.29) is 12.1 Å². The summed E-state index contributed by atoms with van der Waals surface area (Å²) in [6.07, 6.45) is 1.85. The van der Waals surface area contributed by atoms with E-state index in [0.717, 1.165) is 45.6 Å². The fourth-order valence-electron chi connectivity index (χ4n) is 2.58. The molecule has 18 heavy (non-hydrogen) atoms. The first-order valence-corrected chi connectivity index (χ1v) is 6.82. The number of amides is 2. The number of carbonyl (C=O) groups is 1. The predicted octanol–water partition coefficient (Wildman–Crippen LogP) is 1.12. The quantitative estimate of drug-likeness (QED) is 0.701. The van der Waals surface area contributed by atoms with Crippen LogP contribution in [0.4, 0.5) is 4.79 Å². The lowest BCUT2D eigenvalue weighted by Crippen LogP contribution is -2.56. The summed E-state index contributed by atoms with van der Waals surface area (Å²) in [5.41, 5.74) is 0. The Hall–Kier alpha value is -1.28. The molecule has 0 aromatic heterocycles. The Bertz CT molecular complexity index is 349. The molecular weight excluding hydrogens is 228 g/mol. The zero-order valence-corrected chi connectivity index (χ0v) is 11.3. The van der Waals surface area contributed by atoms with E-state index in [2.05, 4.69) is 24.8 Å². The van der Waals surface area contributed by atoms with E-state index in [0.29, 0.717) is 6.04 Å². The molecule has 2 rings (SSSR count).